The SMILES string of the molecule is O=C(NC1CCS(=O)(=O)C1)c1ccc2c(-c3ccccc3Cl)cn(-c3ccc(F)cc3)c2c1. The van der Waals surface area contributed by atoms with E-state index < -0.39 is 9.84 Å². The predicted molar refractivity (Wildman–Crippen MR) is 128 cm³/mol. The summed E-state index contributed by atoms with van der Waals surface area (Å²) in [6.45, 7) is 0. The number of hydrogen-bond donors (Lipinski definition) is 1. The summed E-state index contributed by atoms with van der Waals surface area (Å²) in [5.41, 5.74) is 3.63. The normalized spacial score (nSPS) is 17.3. The summed E-state index contributed by atoms with van der Waals surface area (Å²) >= 11 is 6.46. The first-order valence-electron chi connectivity index (χ1n) is 10.5. The summed E-state index contributed by atoms with van der Waals surface area (Å²) in [6.07, 6.45) is 2.34. The predicted octanol–water partition coefficient (Wildman–Crippen LogP) is 5.01. The lowest BCUT2D eigenvalue weighted by molar-refractivity contribution is 0.0941. The van der Waals surface area contributed by atoms with Crippen LogP contribution in [-0.2, 0) is 9.84 Å². The largest absolute Gasteiger partial charge is 0.348 e. The summed E-state index contributed by atoms with van der Waals surface area (Å²) in [7, 11) is -3.10. The van der Waals surface area contributed by atoms with Crippen molar-refractivity contribution in [3.05, 3.63) is 89.3 Å². The molecule has 0 spiro atoms. The Balaban J connectivity index is 1.60. The van der Waals surface area contributed by atoms with Crippen LogP contribution in [0.3, 0.4) is 0 Å². The highest BCUT2D eigenvalue weighted by atomic mass is 35.5. The first-order valence-corrected chi connectivity index (χ1v) is 12.7. The molecule has 168 valence electrons. The third-order valence-corrected chi connectivity index (χ3v) is 8.00. The highest BCUT2D eigenvalue weighted by Gasteiger charge is 2.29. The molecule has 2 heterocycles. The topological polar surface area (TPSA) is 68.2 Å². The molecule has 1 aliphatic heterocycles. The molecule has 1 fully saturated rings. The van der Waals surface area contributed by atoms with E-state index in [1.807, 2.05) is 41.1 Å². The number of benzene rings is 3. The average Bonchev–Trinajstić information content (AvgIpc) is 3.33. The summed E-state index contributed by atoms with van der Waals surface area (Å²) in [4.78, 5) is 12.9. The van der Waals surface area contributed by atoms with Gasteiger partial charge >= 0.3 is 0 Å². The Morgan fingerprint density at radius 1 is 1.03 bits per heavy atom. The van der Waals surface area contributed by atoms with Crippen LogP contribution in [0.5, 0.6) is 0 Å². The van der Waals surface area contributed by atoms with Gasteiger partial charge in [-0.1, -0.05) is 35.9 Å². The van der Waals surface area contributed by atoms with E-state index in [4.69, 9.17) is 11.6 Å². The Labute approximate surface area is 195 Å². The van der Waals surface area contributed by atoms with Crippen molar-refractivity contribution in [1.82, 2.24) is 9.88 Å². The molecule has 0 bridgehead atoms. The first kappa shape index (κ1) is 21.7. The second-order valence-corrected chi connectivity index (χ2v) is 10.8. The molecule has 1 amide bonds. The molecule has 1 saturated heterocycles. The van der Waals surface area contributed by atoms with Crippen LogP contribution in [0.25, 0.3) is 27.7 Å². The van der Waals surface area contributed by atoms with Crippen molar-refractivity contribution in [3.8, 4) is 16.8 Å². The fourth-order valence-electron chi connectivity index (χ4n) is 4.26. The van der Waals surface area contributed by atoms with Crippen LogP contribution in [0.1, 0.15) is 16.8 Å². The molecule has 0 aliphatic carbocycles. The Morgan fingerprint density at radius 2 is 1.79 bits per heavy atom. The maximum absolute atomic E-state index is 13.5. The van der Waals surface area contributed by atoms with Crippen molar-refractivity contribution >= 4 is 38.2 Å². The molecule has 1 N–H and O–H groups in total. The van der Waals surface area contributed by atoms with Gasteiger partial charge in [-0.05, 0) is 48.9 Å². The summed E-state index contributed by atoms with van der Waals surface area (Å²) in [6, 6.07) is 18.5. The van der Waals surface area contributed by atoms with Crippen LogP contribution in [0.15, 0.2) is 72.9 Å². The Kier molecular flexibility index (Phi) is 5.46. The molecular weight excluding hydrogens is 463 g/mol. The van der Waals surface area contributed by atoms with Gasteiger partial charge in [0.1, 0.15) is 5.82 Å². The van der Waals surface area contributed by atoms with Crippen LogP contribution >= 0.6 is 11.6 Å². The fraction of sp³-hybridized carbons (Fsp3) is 0.160. The van der Waals surface area contributed by atoms with Gasteiger partial charge in [0, 0.05) is 45.0 Å². The van der Waals surface area contributed by atoms with E-state index >= 15 is 0 Å². The number of nitrogens with zero attached hydrogens (tertiary/aromatic N) is 1. The monoisotopic (exact) mass is 482 g/mol. The summed E-state index contributed by atoms with van der Waals surface area (Å²) < 4.78 is 38.9. The van der Waals surface area contributed by atoms with Crippen molar-refractivity contribution in [1.29, 1.82) is 0 Å². The number of hydrogen-bond acceptors (Lipinski definition) is 3. The zero-order valence-electron chi connectivity index (χ0n) is 17.5. The molecule has 4 aromatic rings. The smallest absolute Gasteiger partial charge is 0.251 e. The molecule has 1 aromatic heterocycles. The standard InChI is InChI=1S/C25H20ClFN2O3S/c26-23-4-2-1-3-20(23)22-14-29(19-8-6-17(27)7-9-19)24-13-16(5-10-21(22)24)25(30)28-18-11-12-33(31,32)15-18/h1-10,13-14,18H,11-12,15H2,(H,28,30). The molecule has 1 unspecified atom stereocenters. The van der Waals surface area contributed by atoms with E-state index in [0.29, 0.717) is 17.0 Å². The minimum atomic E-state index is -3.10. The number of carbonyl (C=O) groups excluding carboxylic acids is 1. The van der Waals surface area contributed by atoms with Gasteiger partial charge in [0.2, 0.25) is 0 Å². The third kappa shape index (κ3) is 4.26. The highest BCUT2D eigenvalue weighted by Crippen LogP contribution is 2.36. The second kappa shape index (κ2) is 8.32. The number of aromatic nitrogens is 1. The number of fused-ring (bicyclic) bond motifs is 1. The quantitative estimate of drug-likeness (QED) is 0.444. The van der Waals surface area contributed by atoms with Gasteiger partial charge in [0.15, 0.2) is 9.84 Å². The van der Waals surface area contributed by atoms with Gasteiger partial charge in [0.25, 0.3) is 5.91 Å². The maximum Gasteiger partial charge on any atom is 0.251 e. The molecule has 5 nitrogen and oxygen atoms in total. The average molecular weight is 483 g/mol. The van der Waals surface area contributed by atoms with Gasteiger partial charge in [-0.15, -0.1) is 0 Å². The lowest BCUT2D eigenvalue weighted by atomic mass is 10.0. The van der Waals surface area contributed by atoms with E-state index in [-0.39, 0.29) is 29.3 Å². The lowest BCUT2D eigenvalue weighted by Crippen LogP contribution is -2.35. The van der Waals surface area contributed by atoms with E-state index in [1.54, 1.807) is 24.3 Å². The Bertz CT molecular complexity index is 1480. The number of amides is 1. The van der Waals surface area contributed by atoms with E-state index in [9.17, 15) is 17.6 Å². The minimum Gasteiger partial charge on any atom is -0.348 e. The third-order valence-electron chi connectivity index (χ3n) is 5.90. The van der Waals surface area contributed by atoms with E-state index in [1.165, 1.54) is 12.1 Å². The zero-order chi connectivity index (χ0) is 23.2. The molecule has 1 atom stereocenters. The second-order valence-electron chi connectivity index (χ2n) is 8.17. The van der Waals surface area contributed by atoms with Crippen LogP contribution < -0.4 is 5.32 Å². The van der Waals surface area contributed by atoms with Gasteiger partial charge in [-0.2, -0.15) is 0 Å². The maximum atomic E-state index is 13.5. The van der Waals surface area contributed by atoms with E-state index in [0.717, 1.165) is 27.7 Å². The molecule has 33 heavy (non-hydrogen) atoms. The van der Waals surface area contributed by atoms with Crippen LogP contribution in [-0.4, -0.2) is 36.4 Å². The Hall–Kier alpha value is -3.16. The molecule has 0 saturated carbocycles. The van der Waals surface area contributed by atoms with E-state index in [2.05, 4.69) is 5.32 Å². The van der Waals surface area contributed by atoms with Crippen molar-refractivity contribution in [2.24, 2.45) is 0 Å². The number of halogens is 2. The molecule has 5 rings (SSSR count). The summed E-state index contributed by atoms with van der Waals surface area (Å²) in [5, 5.41) is 4.31. The highest BCUT2D eigenvalue weighted by molar-refractivity contribution is 7.91. The number of rotatable bonds is 4. The molecule has 1 aliphatic rings. The number of sulfone groups is 1. The minimum absolute atomic E-state index is 0.0381. The molecule has 8 heteroatoms. The molecule has 0 radical (unpaired) electrons. The van der Waals surface area contributed by atoms with Gasteiger partial charge in [0.05, 0.1) is 17.0 Å². The summed E-state index contributed by atoms with van der Waals surface area (Å²) in [5.74, 6) is -0.617. The zero-order valence-corrected chi connectivity index (χ0v) is 19.0. The fourth-order valence-corrected chi connectivity index (χ4v) is 6.17. The van der Waals surface area contributed by atoms with Crippen molar-refractivity contribution < 1.29 is 17.6 Å². The number of nitrogens with one attached hydrogen (secondary N) is 1. The van der Waals surface area contributed by atoms with Crippen molar-refractivity contribution in [3.63, 3.8) is 0 Å². The molecule has 3 aromatic carbocycles. The van der Waals surface area contributed by atoms with Gasteiger partial charge in [-0.3, -0.25) is 4.79 Å². The first-order chi connectivity index (χ1) is 15.8. The van der Waals surface area contributed by atoms with Crippen molar-refractivity contribution in [2.75, 3.05) is 11.5 Å². The lowest BCUT2D eigenvalue weighted by Gasteiger charge is -2.12. The van der Waals surface area contributed by atoms with Crippen molar-refractivity contribution in [2.45, 2.75) is 12.5 Å². The van der Waals surface area contributed by atoms with Crippen LogP contribution in [0.4, 0.5) is 4.39 Å². The van der Waals surface area contributed by atoms with Gasteiger partial charge in [-0.25, -0.2) is 12.8 Å². The van der Waals surface area contributed by atoms with Gasteiger partial charge < -0.3 is 9.88 Å². The van der Waals surface area contributed by atoms with Crippen LogP contribution in [0.2, 0.25) is 5.02 Å². The molecular formula is C25H20ClFN2O3S. The number of carbonyl (C=O) groups is 1. The van der Waals surface area contributed by atoms with Crippen LogP contribution in [0, 0.1) is 5.82 Å². The Morgan fingerprint density at radius 3 is 2.48 bits per heavy atom.